The number of amides is 2. The van der Waals surface area contributed by atoms with Crippen molar-refractivity contribution < 1.29 is 24.3 Å². The number of carboxylic acid groups (broad SMARTS) is 1. The Kier molecular flexibility index (Phi) is 10.4. The Morgan fingerprint density at radius 1 is 0.674 bits per heavy atom. The van der Waals surface area contributed by atoms with E-state index in [0.717, 1.165) is 27.9 Å². The van der Waals surface area contributed by atoms with Crippen molar-refractivity contribution in [3.8, 4) is 11.1 Å². The molecule has 0 aromatic heterocycles. The molecule has 0 saturated heterocycles. The number of rotatable bonds is 13. The predicted octanol–water partition coefficient (Wildman–Crippen LogP) is 7.61. The number of carbonyl (C=O) groups is 3. The Morgan fingerprint density at radius 3 is 1.78 bits per heavy atom. The molecule has 0 aliphatic heterocycles. The minimum atomic E-state index is -1.32. The van der Waals surface area contributed by atoms with Gasteiger partial charge in [-0.3, -0.25) is 19.2 Å². The van der Waals surface area contributed by atoms with Crippen LogP contribution in [0, 0.1) is 0 Å². The molecule has 7 heteroatoms. The molecule has 0 fully saturated rings. The molecular formula is C39H36N2O5. The van der Waals surface area contributed by atoms with Gasteiger partial charge in [-0.05, 0) is 65.4 Å². The van der Waals surface area contributed by atoms with E-state index in [2.05, 4.69) is 17.6 Å². The van der Waals surface area contributed by atoms with Crippen molar-refractivity contribution in [2.24, 2.45) is 0 Å². The Hall–Kier alpha value is -5.53. The molecule has 2 amide bonds. The molecule has 5 aromatic rings. The minimum Gasteiger partial charge on any atom is -0.481 e. The lowest BCUT2D eigenvalue weighted by atomic mass is 9.79. The molecule has 0 aliphatic rings. The predicted molar refractivity (Wildman–Crippen MR) is 179 cm³/mol. The fraction of sp³-hybridized carbons (Fsp3) is 0.154. The first-order valence-electron chi connectivity index (χ1n) is 15.3. The van der Waals surface area contributed by atoms with E-state index < -0.39 is 17.5 Å². The molecule has 0 heterocycles. The van der Waals surface area contributed by atoms with Gasteiger partial charge in [0.2, 0.25) is 5.91 Å². The SMILES string of the molecule is CCN(C(=O)c1cccc(C(ONC(=O)CCCC(=O)O)(c2ccccc2)c2ccccc2)c1)c1ccc(-c2ccccc2)cc1. The normalized spacial score (nSPS) is 11.1. The zero-order valence-electron chi connectivity index (χ0n) is 25.6. The molecule has 0 atom stereocenters. The maximum Gasteiger partial charge on any atom is 0.303 e. The van der Waals surface area contributed by atoms with E-state index in [-0.39, 0.29) is 25.2 Å². The van der Waals surface area contributed by atoms with Crippen molar-refractivity contribution >= 4 is 23.5 Å². The van der Waals surface area contributed by atoms with Gasteiger partial charge in [0.05, 0.1) is 0 Å². The number of hydrogen-bond acceptors (Lipinski definition) is 4. The molecule has 232 valence electrons. The first-order valence-corrected chi connectivity index (χ1v) is 15.3. The molecule has 46 heavy (non-hydrogen) atoms. The van der Waals surface area contributed by atoms with E-state index in [4.69, 9.17) is 9.94 Å². The summed E-state index contributed by atoms with van der Waals surface area (Å²) in [5, 5.41) is 9.00. The van der Waals surface area contributed by atoms with Gasteiger partial charge in [0.25, 0.3) is 5.91 Å². The highest BCUT2D eigenvalue weighted by atomic mass is 16.7. The van der Waals surface area contributed by atoms with Gasteiger partial charge in [-0.25, -0.2) is 5.48 Å². The lowest BCUT2D eigenvalue weighted by Gasteiger charge is -2.35. The second-order valence-electron chi connectivity index (χ2n) is 10.8. The molecule has 2 N–H and O–H groups in total. The zero-order chi connectivity index (χ0) is 32.4. The Bertz CT molecular complexity index is 1720. The maximum atomic E-state index is 14.1. The summed E-state index contributed by atoms with van der Waals surface area (Å²) in [6, 6.07) is 44.2. The number of benzene rings is 5. The number of aliphatic carboxylic acids is 1. The van der Waals surface area contributed by atoms with Crippen LogP contribution in [0.25, 0.3) is 11.1 Å². The third-order valence-electron chi connectivity index (χ3n) is 7.84. The van der Waals surface area contributed by atoms with Gasteiger partial charge in [-0.15, -0.1) is 0 Å². The van der Waals surface area contributed by atoms with Crippen molar-refractivity contribution in [3.63, 3.8) is 0 Å². The topological polar surface area (TPSA) is 95.9 Å². The maximum absolute atomic E-state index is 14.1. The van der Waals surface area contributed by atoms with E-state index in [1.165, 1.54) is 0 Å². The lowest BCUT2D eigenvalue weighted by molar-refractivity contribution is -0.144. The summed E-state index contributed by atoms with van der Waals surface area (Å²) in [4.78, 5) is 46.0. The first-order chi connectivity index (χ1) is 22.4. The summed E-state index contributed by atoms with van der Waals surface area (Å²) in [7, 11) is 0. The highest BCUT2D eigenvalue weighted by Gasteiger charge is 2.39. The van der Waals surface area contributed by atoms with Crippen LogP contribution in [-0.2, 0) is 20.0 Å². The van der Waals surface area contributed by atoms with E-state index >= 15 is 0 Å². The standard InChI is InChI=1S/C39H36N2O5/c1-2-41(35-26-24-30(25-27-35)29-14-6-3-7-15-29)38(45)31-16-12-21-34(28-31)39(32-17-8-4-9-18-32,33-19-10-5-11-20-33)46-40-36(42)22-13-23-37(43)44/h3-12,14-21,24-28H,2,13,22-23H2,1H3,(H,40,42)(H,43,44). The van der Waals surface area contributed by atoms with Crippen molar-refractivity contribution in [2.45, 2.75) is 31.8 Å². The first kappa shape index (κ1) is 31.9. The molecule has 0 unspecified atom stereocenters. The van der Waals surface area contributed by atoms with Crippen molar-refractivity contribution in [3.05, 3.63) is 162 Å². The van der Waals surface area contributed by atoms with Crippen LogP contribution in [0.3, 0.4) is 0 Å². The smallest absolute Gasteiger partial charge is 0.303 e. The highest BCUT2D eigenvalue weighted by molar-refractivity contribution is 6.06. The van der Waals surface area contributed by atoms with E-state index in [9.17, 15) is 14.4 Å². The van der Waals surface area contributed by atoms with Crippen LogP contribution in [0.5, 0.6) is 0 Å². The Balaban J connectivity index is 1.52. The fourth-order valence-electron chi connectivity index (χ4n) is 5.54. The van der Waals surface area contributed by atoms with E-state index in [1.54, 1.807) is 17.0 Å². The molecule has 0 aliphatic carbocycles. The fourth-order valence-corrected chi connectivity index (χ4v) is 5.54. The van der Waals surface area contributed by atoms with Gasteiger partial charge in [0.1, 0.15) is 0 Å². The monoisotopic (exact) mass is 612 g/mol. The second-order valence-corrected chi connectivity index (χ2v) is 10.8. The number of nitrogens with one attached hydrogen (secondary N) is 1. The van der Waals surface area contributed by atoms with Gasteiger partial charge in [0, 0.05) is 30.6 Å². The summed E-state index contributed by atoms with van der Waals surface area (Å²) in [6.45, 7) is 2.40. The van der Waals surface area contributed by atoms with Crippen LogP contribution < -0.4 is 10.4 Å². The number of hydrogen-bond donors (Lipinski definition) is 2. The summed E-state index contributed by atoms with van der Waals surface area (Å²) >= 11 is 0. The van der Waals surface area contributed by atoms with Crippen LogP contribution in [0.4, 0.5) is 5.69 Å². The van der Waals surface area contributed by atoms with Crippen LogP contribution in [0.1, 0.15) is 53.2 Å². The van der Waals surface area contributed by atoms with Crippen molar-refractivity contribution in [2.75, 3.05) is 11.4 Å². The van der Waals surface area contributed by atoms with Crippen LogP contribution >= 0.6 is 0 Å². The lowest BCUT2D eigenvalue weighted by Crippen LogP contribution is -2.40. The summed E-state index contributed by atoms with van der Waals surface area (Å²) in [5.41, 5.74) is 6.78. The summed E-state index contributed by atoms with van der Waals surface area (Å²) in [5.74, 6) is -1.59. The highest BCUT2D eigenvalue weighted by Crippen LogP contribution is 2.40. The van der Waals surface area contributed by atoms with Gasteiger partial charge in [-0.1, -0.05) is 115 Å². The molecule has 0 bridgehead atoms. The van der Waals surface area contributed by atoms with Crippen molar-refractivity contribution in [1.82, 2.24) is 5.48 Å². The van der Waals surface area contributed by atoms with Crippen LogP contribution in [-0.4, -0.2) is 29.4 Å². The molecule has 0 radical (unpaired) electrons. The number of nitrogens with zero attached hydrogens (tertiary/aromatic N) is 1. The van der Waals surface area contributed by atoms with Gasteiger partial charge in [-0.2, -0.15) is 0 Å². The average molecular weight is 613 g/mol. The molecular weight excluding hydrogens is 576 g/mol. The molecule has 7 nitrogen and oxygen atoms in total. The number of anilines is 1. The Morgan fingerprint density at radius 2 is 1.22 bits per heavy atom. The van der Waals surface area contributed by atoms with Gasteiger partial charge in [0.15, 0.2) is 5.60 Å². The third-order valence-corrected chi connectivity index (χ3v) is 7.84. The zero-order valence-corrected chi connectivity index (χ0v) is 25.6. The van der Waals surface area contributed by atoms with Gasteiger partial charge >= 0.3 is 5.97 Å². The van der Waals surface area contributed by atoms with Gasteiger partial charge < -0.3 is 10.0 Å². The number of hydroxylamine groups is 1. The van der Waals surface area contributed by atoms with Crippen LogP contribution in [0.15, 0.2) is 140 Å². The molecule has 0 saturated carbocycles. The van der Waals surface area contributed by atoms with E-state index in [1.807, 2.05) is 122 Å². The third kappa shape index (κ3) is 7.22. The van der Waals surface area contributed by atoms with Crippen LogP contribution in [0.2, 0.25) is 0 Å². The molecule has 0 spiro atoms. The summed E-state index contributed by atoms with van der Waals surface area (Å²) < 4.78 is 0. The molecule has 5 rings (SSSR count). The van der Waals surface area contributed by atoms with Crippen molar-refractivity contribution in [1.29, 1.82) is 0 Å². The number of carboxylic acids is 1. The summed E-state index contributed by atoms with van der Waals surface area (Å²) in [6.07, 6.45) is 0.0410. The minimum absolute atomic E-state index is 0.0149. The number of carbonyl (C=O) groups excluding carboxylic acids is 2. The average Bonchev–Trinajstić information content (AvgIpc) is 3.10. The second kappa shape index (κ2) is 15.0. The molecule has 5 aromatic carbocycles. The largest absolute Gasteiger partial charge is 0.481 e. The quantitative estimate of drug-likeness (QED) is 0.105. The Labute approximate surface area is 269 Å². The van der Waals surface area contributed by atoms with E-state index in [0.29, 0.717) is 17.7 Å².